The number of methoxy groups -OCH3 is 4. The molecule has 4 fully saturated rings. The van der Waals surface area contributed by atoms with E-state index in [1.165, 1.54) is 75.1 Å². The SMILES string of the molecule is CC[C@H]1O[C@@H](n2cc(C)c(N)nc2=O)[C@@H](OCCOC)C1OP(=O)(O)OC[C@H]1O[C@@H](n2cc(C)c(N)nc2=O)[C@@H](OCCOC)C1OP(O)(=S)OC[C@H]1O[C@@H](n2cnc3c(N)ncnc32)[C@@H](OCCOC)C1OP(O)(=S)OC[C@H]1O[C@@H](n2cnc3c(N)ccnc32)[C@@H](OCCOC)C1O. The second-order valence-corrected chi connectivity index (χ2v) is 29.8. The number of ether oxygens (including phenoxy) is 12. The van der Waals surface area contributed by atoms with Crippen LogP contribution in [-0.4, -0.2) is 247 Å². The molecule has 12 N–H and O–H groups in total. The van der Waals surface area contributed by atoms with Gasteiger partial charge in [0.15, 0.2) is 42.0 Å². The van der Waals surface area contributed by atoms with Gasteiger partial charge in [-0.2, -0.15) is 9.97 Å². The number of fused-ring (bicyclic) bond motifs is 2. The summed E-state index contributed by atoms with van der Waals surface area (Å²) in [4.78, 5) is 92.8. The maximum atomic E-state index is 14.5. The summed E-state index contributed by atoms with van der Waals surface area (Å²) in [5.74, 6) is -0.123. The second kappa shape index (κ2) is 33.5. The Morgan fingerprint density at radius 2 is 0.929 bits per heavy atom. The van der Waals surface area contributed by atoms with E-state index in [-0.39, 0.29) is 87.9 Å². The van der Waals surface area contributed by atoms with E-state index < -0.39 is 151 Å². The predicted octanol–water partition coefficient (Wildman–Crippen LogP) is -0.0431. The molecule has 0 bridgehead atoms. The number of aliphatic hydroxyl groups is 1. The van der Waals surface area contributed by atoms with Crippen molar-refractivity contribution in [1.29, 1.82) is 0 Å². The largest absolute Gasteiger partial charge is 0.472 e. The molecule has 0 amide bonds. The van der Waals surface area contributed by atoms with E-state index in [1.54, 1.807) is 26.8 Å². The Bertz CT molecular complexity index is 4000. The molecule has 4 aliphatic rings. The summed E-state index contributed by atoms with van der Waals surface area (Å²) in [6, 6.07) is 1.57. The van der Waals surface area contributed by atoms with E-state index in [0.29, 0.717) is 28.0 Å². The predicted molar refractivity (Wildman–Crippen MR) is 351 cm³/mol. The zero-order valence-electron chi connectivity index (χ0n) is 54.5. The number of aromatic nitrogens is 11. The highest BCUT2D eigenvalue weighted by molar-refractivity contribution is 8.07. The van der Waals surface area contributed by atoms with Crippen LogP contribution in [0.15, 0.2) is 53.2 Å². The first-order valence-electron chi connectivity index (χ1n) is 30.7. The lowest BCUT2D eigenvalue weighted by Crippen LogP contribution is -2.41. The standard InChI is InChI=1S/C54H80N15O25P3S2/c1-8-30-37(41(82-16-12-78-5)50(88-30)66-19-27(2)44(56)64-53(66)71)92-95(73,74)85-22-32-38(42(83-17-13-79-6)51(90-32)67-20-28(3)45(57)65-54(67)72)93-97(76,99)87-23-33-39(43(84-18-14-80-7)52(91-33)69-26-63-35-46(58)60-24-61-48(35)69)94-96(75,98)86-21-31-36(70)40(81-15-11-77-4)49(89-31)68-25-62-34-29(55)9-10-59-47(34)68/h9-10,19-20,24-26,30-33,36-43,49-52,70H,8,11-18,21-23H2,1-7H3,(H2,55,59)(H,73,74)(H,75,98)(H,76,99)(H2,56,64,71)(H2,57,65,72)(H2,58,60,61)/t30-,31-,32-,33-,36?,37?,38?,39?,40+,41+,42+,43+,49-,50-,51-,52-,96?,97?/m1/s1. The van der Waals surface area contributed by atoms with Gasteiger partial charge >= 0.3 is 32.6 Å². The Morgan fingerprint density at radius 1 is 0.515 bits per heavy atom. The fourth-order valence-corrected chi connectivity index (χ4v) is 15.3. The first-order valence-corrected chi connectivity index (χ1v) is 37.4. The summed E-state index contributed by atoms with van der Waals surface area (Å²) in [5, 5.41) is 11.8. The van der Waals surface area contributed by atoms with Gasteiger partial charge < -0.3 is 109 Å². The van der Waals surface area contributed by atoms with Gasteiger partial charge in [0.2, 0.25) is 0 Å². The van der Waals surface area contributed by atoms with Crippen LogP contribution in [0, 0.1) is 13.8 Å². The van der Waals surface area contributed by atoms with Gasteiger partial charge in [-0.15, -0.1) is 0 Å². The normalized spacial score (nSPS) is 29.0. The van der Waals surface area contributed by atoms with Crippen molar-refractivity contribution in [1.82, 2.24) is 53.2 Å². The van der Waals surface area contributed by atoms with Gasteiger partial charge in [-0.25, -0.2) is 39.1 Å². The van der Waals surface area contributed by atoms with Crippen molar-refractivity contribution in [2.75, 3.05) is 124 Å². The van der Waals surface area contributed by atoms with Crippen LogP contribution >= 0.6 is 21.3 Å². The summed E-state index contributed by atoms with van der Waals surface area (Å²) in [6.45, 7) is -6.98. The number of pyridine rings is 1. The zero-order valence-corrected chi connectivity index (χ0v) is 58.8. The molecule has 7 unspecified atom stereocenters. The molecule has 0 aliphatic carbocycles. The number of hydrogen-bond donors (Lipinski definition) is 8. The fraction of sp³-hybridized carbons (Fsp3) is 0.648. The fourth-order valence-electron chi connectivity index (χ4n) is 11.4. The van der Waals surface area contributed by atoms with E-state index in [1.807, 2.05) is 0 Å². The molecule has 10 heterocycles. The summed E-state index contributed by atoms with van der Waals surface area (Å²) in [6.07, 6.45) is -13.4. The highest BCUT2D eigenvalue weighted by Crippen LogP contribution is 2.55. The summed E-state index contributed by atoms with van der Waals surface area (Å²) >= 11 is 11.5. The minimum Gasteiger partial charge on any atom is -0.397 e. The number of nitrogens with two attached hydrogens (primary N) is 4. The number of hydrogen-bond acceptors (Lipinski definition) is 35. The molecule has 45 heteroatoms. The number of phosphoric acid groups is 1. The molecule has 0 spiro atoms. The van der Waals surface area contributed by atoms with Crippen molar-refractivity contribution in [3.63, 3.8) is 0 Å². The third-order valence-electron chi connectivity index (χ3n) is 16.3. The average Bonchev–Trinajstić information content (AvgIpc) is 1.64. The lowest BCUT2D eigenvalue weighted by atomic mass is 10.1. The summed E-state index contributed by atoms with van der Waals surface area (Å²) in [5.41, 5.74) is 24.7. The van der Waals surface area contributed by atoms with Crippen LogP contribution in [0.4, 0.5) is 23.1 Å². The molecular weight excluding hydrogens is 1420 g/mol. The van der Waals surface area contributed by atoms with Crippen molar-refractivity contribution in [2.45, 2.75) is 125 Å². The van der Waals surface area contributed by atoms with Crippen LogP contribution in [0.5, 0.6) is 0 Å². The van der Waals surface area contributed by atoms with Crippen LogP contribution in [0.2, 0.25) is 0 Å². The number of anilines is 4. The molecule has 0 saturated carbocycles. The van der Waals surface area contributed by atoms with Crippen LogP contribution in [0.25, 0.3) is 22.3 Å². The Hall–Kier alpha value is -5.22. The minimum atomic E-state index is -5.33. The number of aryl methyl sites for hydroxylation is 2. The molecule has 19 atom stereocenters. The van der Waals surface area contributed by atoms with Crippen LogP contribution in [0.1, 0.15) is 49.4 Å². The molecule has 4 saturated heterocycles. The first kappa shape index (κ1) is 76.4. The van der Waals surface area contributed by atoms with Gasteiger partial charge in [-0.1, -0.05) is 6.92 Å². The molecule has 40 nitrogen and oxygen atoms in total. The Labute approximate surface area is 574 Å². The molecule has 99 heavy (non-hydrogen) atoms. The van der Waals surface area contributed by atoms with E-state index in [9.17, 15) is 33.9 Å². The quantitative estimate of drug-likeness (QED) is 0.0189. The maximum Gasteiger partial charge on any atom is 0.472 e. The molecular formula is C54H80N15O25P3S2. The van der Waals surface area contributed by atoms with Crippen molar-refractivity contribution >= 4 is 90.3 Å². The van der Waals surface area contributed by atoms with Gasteiger partial charge in [0.25, 0.3) is 0 Å². The smallest absolute Gasteiger partial charge is 0.397 e. The average molecular weight is 1500 g/mol. The molecule has 0 aromatic carbocycles. The number of nitrogens with zero attached hydrogens (tertiary/aromatic N) is 11. The van der Waals surface area contributed by atoms with Crippen LogP contribution in [0.3, 0.4) is 0 Å². The number of imidazole rings is 2. The number of phosphoric ester groups is 1. The third-order valence-corrected chi connectivity index (χ3v) is 20.4. The molecule has 6 aromatic heterocycles. The van der Waals surface area contributed by atoms with Gasteiger partial charge in [0.05, 0.1) is 97.1 Å². The first-order chi connectivity index (χ1) is 47.3. The monoisotopic (exact) mass is 1500 g/mol. The van der Waals surface area contributed by atoms with Crippen molar-refractivity contribution in [3.8, 4) is 0 Å². The molecule has 548 valence electrons. The maximum absolute atomic E-state index is 14.5. The lowest BCUT2D eigenvalue weighted by Gasteiger charge is -2.30. The topological polar surface area (TPSA) is 512 Å². The minimum absolute atomic E-state index is 0.0136. The summed E-state index contributed by atoms with van der Waals surface area (Å²) in [7, 11) is 0.411. The molecule has 6 aromatic rings. The number of nitrogen functional groups attached to an aromatic ring is 4. The molecule has 4 aliphatic heterocycles. The van der Waals surface area contributed by atoms with Crippen molar-refractivity contribution in [3.05, 3.63) is 75.7 Å². The Kier molecular flexibility index (Phi) is 25.8. The van der Waals surface area contributed by atoms with E-state index in [4.69, 9.17) is 131 Å². The highest BCUT2D eigenvalue weighted by atomic mass is 32.5. The van der Waals surface area contributed by atoms with Gasteiger partial charge in [0.1, 0.15) is 96.1 Å². The second-order valence-electron chi connectivity index (χ2n) is 22.8. The van der Waals surface area contributed by atoms with E-state index in [2.05, 4.69) is 34.9 Å². The van der Waals surface area contributed by atoms with Gasteiger partial charge in [0, 0.05) is 58.2 Å². The van der Waals surface area contributed by atoms with E-state index >= 15 is 0 Å². The van der Waals surface area contributed by atoms with E-state index in [0.717, 1.165) is 9.13 Å². The van der Waals surface area contributed by atoms with Gasteiger partial charge in [-0.3, -0.25) is 36.4 Å². The Balaban J connectivity index is 0.935. The van der Waals surface area contributed by atoms with Crippen LogP contribution in [-0.2, 0) is 112 Å². The molecule has 10 rings (SSSR count). The third kappa shape index (κ3) is 17.7. The lowest BCUT2D eigenvalue weighted by molar-refractivity contribution is -0.0844. The molecule has 0 radical (unpaired) electrons. The Morgan fingerprint density at radius 3 is 1.42 bits per heavy atom. The van der Waals surface area contributed by atoms with Crippen molar-refractivity contribution in [2.24, 2.45) is 0 Å². The number of rotatable bonds is 36. The summed E-state index contributed by atoms with van der Waals surface area (Å²) < 4.78 is 128. The highest BCUT2D eigenvalue weighted by Gasteiger charge is 2.56. The van der Waals surface area contributed by atoms with Crippen molar-refractivity contribution < 1.29 is 108 Å². The number of aliphatic hydroxyl groups excluding tert-OH is 1. The van der Waals surface area contributed by atoms with Gasteiger partial charge in [-0.05, 0) is 49.9 Å². The zero-order chi connectivity index (χ0) is 71.1. The van der Waals surface area contributed by atoms with Crippen LogP contribution < -0.4 is 34.3 Å².